The highest BCUT2D eigenvalue weighted by atomic mass is 35.5. The minimum absolute atomic E-state index is 0.0502. The molecular formula is C25H28ClF2N3O2S. The molecule has 9 heteroatoms. The molecule has 1 saturated carbocycles. The second kappa shape index (κ2) is 11.1. The Bertz CT molecular complexity index is 1240. The van der Waals surface area contributed by atoms with Crippen molar-refractivity contribution in [2.75, 3.05) is 17.1 Å². The van der Waals surface area contributed by atoms with Crippen molar-refractivity contribution >= 4 is 40.7 Å². The zero-order chi connectivity index (χ0) is 25.0. The van der Waals surface area contributed by atoms with E-state index in [0.717, 1.165) is 12.0 Å². The van der Waals surface area contributed by atoms with Crippen LogP contribution in [0, 0.1) is 18.6 Å². The van der Waals surface area contributed by atoms with Crippen LogP contribution in [0.5, 0.6) is 5.75 Å². The van der Waals surface area contributed by atoms with Crippen LogP contribution in [0.4, 0.5) is 26.0 Å². The van der Waals surface area contributed by atoms with Gasteiger partial charge < -0.3 is 14.8 Å². The summed E-state index contributed by atoms with van der Waals surface area (Å²) in [5, 5.41) is 3.50. The zero-order valence-corrected chi connectivity index (χ0v) is 21.3. The summed E-state index contributed by atoms with van der Waals surface area (Å²) in [5.74, 6) is -0.0129. The van der Waals surface area contributed by atoms with Gasteiger partial charge in [-0.1, -0.05) is 37.6 Å². The molecule has 182 valence electrons. The van der Waals surface area contributed by atoms with Gasteiger partial charge in [-0.05, 0) is 60.7 Å². The molecule has 1 fully saturated rings. The average Bonchev–Trinajstić information content (AvgIpc) is 3.58. The van der Waals surface area contributed by atoms with Gasteiger partial charge in [0.15, 0.2) is 5.75 Å². The molecular weight excluding hydrogens is 480 g/mol. The summed E-state index contributed by atoms with van der Waals surface area (Å²) in [5.41, 5.74) is 1.85. The minimum Gasteiger partial charge on any atom is -0.494 e. The van der Waals surface area contributed by atoms with Gasteiger partial charge in [0.05, 0.1) is 12.8 Å². The van der Waals surface area contributed by atoms with Crippen LogP contribution < -0.4 is 20.3 Å². The molecule has 2 unspecified atom stereocenters. The lowest BCUT2D eigenvalue weighted by Crippen LogP contribution is -2.20. The van der Waals surface area contributed by atoms with Crippen LogP contribution in [0.25, 0.3) is 0 Å². The third kappa shape index (κ3) is 5.67. The molecule has 0 saturated heterocycles. The van der Waals surface area contributed by atoms with Gasteiger partial charge in [0.1, 0.15) is 23.1 Å². The van der Waals surface area contributed by atoms with Crippen molar-refractivity contribution in [2.24, 2.45) is 7.05 Å². The van der Waals surface area contributed by atoms with E-state index in [1.165, 1.54) is 41.8 Å². The summed E-state index contributed by atoms with van der Waals surface area (Å²) in [6.45, 7) is 5.80. The van der Waals surface area contributed by atoms with Gasteiger partial charge in [-0.15, -0.1) is 0 Å². The first-order chi connectivity index (χ1) is 16.3. The Morgan fingerprint density at radius 3 is 2.50 bits per heavy atom. The number of aryl methyl sites for hydroxylation is 1. The van der Waals surface area contributed by atoms with Gasteiger partial charge >= 0.3 is 0 Å². The Labute approximate surface area is 207 Å². The molecule has 1 aliphatic rings. The van der Waals surface area contributed by atoms with Gasteiger partial charge in [-0.25, -0.2) is 8.78 Å². The highest BCUT2D eigenvalue weighted by Crippen LogP contribution is 2.51. The largest absolute Gasteiger partial charge is 0.494 e. The number of nitrogens with zero attached hydrogens (tertiary/aromatic N) is 1. The summed E-state index contributed by atoms with van der Waals surface area (Å²) in [4.78, 5) is 12.4. The third-order valence-electron chi connectivity index (χ3n) is 5.41. The van der Waals surface area contributed by atoms with E-state index in [9.17, 15) is 13.6 Å². The van der Waals surface area contributed by atoms with Gasteiger partial charge in [0, 0.05) is 29.3 Å². The molecule has 0 spiro atoms. The summed E-state index contributed by atoms with van der Waals surface area (Å²) < 4.78 is 38.7. The summed E-state index contributed by atoms with van der Waals surface area (Å²) in [7, 11) is 3.05. The van der Waals surface area contributed by atoms with Crippen LogP contribution in [-0.4, -0.2) is 16.9 Å². The average molecular weight is 508 g/mol. The van der Waals surface area contributed by atoms with Crippen LogP contribution in [0.15, 0.2) is 47.3 Å². The molecule has 4 rings (SSSR count). The zero-order valence-electron chi connectivity index (χ0n) is 19.7. The number of anilines is 3. The molecule has 5 nitrogen and oxygen atoms in total. The maximum absolute atomic E-state index is 14.5. The van der Waals surface area contributed by atoms with Crippen molar-refractivity contribution in [3.05, 3.63) is 80.6 Å². The molecule has 0 radical (unpaired) electrons. The van der Waals surface area contributed by atoms with Crippen molar-refractivity contribution in [1.82, 2.24) is 4.57 Å². The van der Waals surface area contributed by atoms with E-state index in [1.54, 1.807) is 38.2 Å². The van der Waals surface area contributed by atoms with E-state index in [4.69, 9.17) is 16.3 Å². The Morgan fingerprint density at radius 1 is 1.12 bits per heavy atom. The lowest BCUT2D eigenvalue weighted by molar-refractivity contribution is 0.415. The predicted octanol–water partition coefficient (Wildman–Crippen LogP) is 7.02. The molecule has 0 aliphatic heterocycles. The normalized spacial score (nSPS) is 16.4. The molecule has 1 aromatic heterocycles. The molecule has 2 aromatic carbocycles. The third-order valence-corrected chi connectivity index (χ3v) is 6.79. The number of benzene rings is 2. The number of nitrogens with one attached hydrogen (secondary N) is 2. The Hall–Kier alpha value is -2.71. The number of pyridine rings is 1. The number of hydrogen-bond donors (Lipinski definition) is 2. The van der Waals surface area contributed by atoms with Gasteiger partial charge in [-0.2, -0.15) is 0 Å². The predicted molar refractivity (Wildman–Crippen MR) is 138 cm³/mol. The number of ether oxygens (including phenoxy) is 1. The molecule has 2 N–H and O–H groups in total. The monoisotopic (exact) mass is 507 g/mol. The highest BCUT2D eigenvalue weighted by Gasteiger charge is 2.41. The first-order valence-electron chi connectivity index (χ1n) is 11.0. The van der Waals surface area contributed by atoms with E-state index in [-0.39, 0.29) is 28.2 Å². The van der Waals surface area contributed by atoms with E-state index in [1.807, 2.05) is 13.8 Å². The molecule has 2 atom stereocenters. The van der Waals surface area contributed by atoms with E-state index < -0.39 is 5.82 Å². The molecule has 34 heavy (non-hydrogen) atoms. The SMILES string of the molecule is CC.COc1cc(=O)n(C)c(Nc2ccc(C)cc2F)c1NSC1CC1c1ccc(Cl)cc1F. The van der Waals surface area contributed by atoms with Gasteiger partial charge in [0.25, 0.3) is 5.56 Å². The fourth-order valence-electron chi connectivity index (χ4n) is 3.50. The first kappa shape index (κ1) is 25.9. The van der Waals surface area contributed by atoms with Crippen LogP contribution in [0.2, 0.25) is 5.02 Å². The summed E-state index contributed by atoms with van der Waals surface area (Å²) in [6, 6.07) is 10.9. The highest BCUT2D eigenvalue weighted by molar-refractivity contribution is 8.01. The second-order valence-corrected chi connectivity index (χ2v) is 9.19. The van der Waals surface area contributed by atoms with Crippen LogP contribution in [-0.2, 0) is 7.05 Å². The van der Waals surface area contributed by atoms with Crippen molar-refractivity contribution in [3.8, 4) is 5.75 Å². The Balaban J connectivity index is 0.00000158. The lowest BCUT2D eigenvalue weighted by Gasteiger charge is -2.19. The maximum Gasteiger partial charge on any atom is 0.255 e. The van der Waals surface area contributed by atoms with E-state index in [2.05, 4.69) is 10.0 Å². The number of rotatable bonds is 7. The van der Waals surface area contributed by atoms with E-state index >= 15 is 0 Å². The Kier molecular flexibility index (Phi) is 8.49. The standard InChI is InChI=1S/C23H22ClF2N3O2S.C2H6/c1-12-4-7-18(17(26)8-12)27-23-22(19(31-3)11-21(30)29(23)2)28-32-20-10-15(20)14-6-5-13(24)9-16(14)25;1-2/h4-9,11,15,20,27-28H,10H2,1-3H3;1-2H3. The second-order valence-electron chi connectivity index (χ2n) is 7.71. The topological polar surface area (TPSA) is 55.3 Å². The van der Waals surface area contributed by atoms with E-state index in [0.29, 0.717) is 27.8 Å². The molecule has 1 aliphatic carbocycles. The molecule has 1 heterocycles. The quantitative estimate of drug-likeness (QED) is 0.336. The van der Waals surface area contributed by atoms with Crippen LogP contribution in [0.3, 0.4) is 0 Å². The first-order valence-corrected chi connectivity index (χ1v) is 12.2. The fourth-order valence-corrected chi connectivity index (χ4v) is 4.74. The lowest BCUT2D eigenvalue weighted by atomic mass is 10.1. The van der Waals surface area contributed by atoms with Gasteiger partial charge in [-0.3, -0.25) is 9.36 Å². The molecule has 0 amide bonds. The van der Waals surface area contributed by atoms with Gasteiger partial charge in [0.2, 0.25) is 0 Å². The number of methoxy groups -OCH3 is 1. The van der Waals surface area contributed by atoms with Crippen LogP contribution >= 0.6 is 23.5 Å². The molecule has 3 aromatic rings. The fraction of sp³-hybridized carbons (Fsp3) is 0.320. The summed E-state index contributed by atoms with van der Waals surface area (Å²) in [6.07, 6.45) is 0.791. The van der Waals surface area contributed by atoms with Crippen molar-refractivity contribution in [1.29, 1.82) is 0 Å². The number of halogens is 3. The smallest absolute Gasteiger partial charge is 0.255 e. The minimum atomic E-state index is -0.431. The number of aromatic nitrogens is 1. The van der Waals surface area contributed by atoms with Crippen molar-refractivity contribution < 1.29 is 13.5 Å². The van der Waals surface area contributed by atoms with Crippen molar-refractivity contribution in [3.63, 3.8) is 0 Å². The molecule has 0 bridgehead atoms. The van der Waals surface area contributed by atoms with Crippen molar-refractivity contribution in [2.45, 2.75) is 38.4 Å². The van der Waals surface area contributed by atoms with Crippen LogP contribution in [0.1, 0.15) is 37.3 Å². The maximum atomic E-state index is 14.5. The number of hydrogen-bond acceptors (Lipinski definition) is 5. The summed E-state index contributed by atoms with van der Waals surface area (Å²) >= 11 is 7.26. The Morgan fingerprint density at radius 2 is 1.85 bits per heavy atom.